The highest BCUT2D eigenvalue weighted by molar-refractivity contribution is 6.01. The van der Waals surface area contributed by atoms with Crippen molar-refractivity contribution < 1.29 is 37.7 Å². The van der Waals surface area contributed by atoms with E-state index in [9.17, 15) is 18.4 Å². The zero-order valence-corrected chi connectivity index (χ0v) is 24.9. The first-order valence-electron chi connectivity index (χ1n) is 14.3. The van der Waals surface area contributed by atoms with E-state index < -0.39 is 40.8 Å². The van der Waals surface area contributed by atoms with Gasteiger partial charge in [0.25, 0.3) is 5.91 Å². The van der Waals surface area contributed by atoms with Crippen LogP contribution in [0.2, 0.25) is 0 Å². The second-order valence-corrected chi connectivity index (χ2v) is 11.4. The number of hydrogen-bond acceptors (Lipinski definition) is 8. The Morgan fingerprint density at radius 2 is 1.70 bits per heavy atom. The van der Waals surface area contributed by atoms with Crippen LogP contribution in [0.1, 0.15) is 62.8 Å². The molecule has 1 aliphatic heterocycles. The van der Waals surface area contributed by atoms with Gasteiger partial charge in [-0.2, -0.15) is 0 Å². The monoisotopic (exact) mass is 609 g/mol. The highest BCUT2D eigenvalue weighted by atomic mass is 19.1. The number of carbonyl (C=O) groups excluding carboxylic acids is 2. The molecule has 3 aromatic carbocycles. The van der Waals surface area contributed by atoms with Gasteiger partial charge in [0, 0.05) is 37.6 Å². The first-order valence-corrected chi connectivity index (χ1v) is 14.3. The number of aliphatic imine (C=N–C) groups is 1. The van der Waals surface area contributed by atoms with Crippen molar-refractivity contribution in [3.05, 3.63) is 101 Å². The number of nitrogens with zero attached hydrogens (tertiary/aromatic N) is 1. The second-order valence-electron chi connectivity index (χ2n) is 11.4. The quantitative estimate of drug-likeness (QED) is 0.143. The zero-order chi connectivity index (χ0) is 31.7. The number of hydrazine groups is 1. The molecule has 0 saturated carbocycles. The Hall–Kier alpha value is -4.35. The maximum atomic E-state index is 14.0. The lowest BCUT2D eigenvalue weighted by Gasteiger charge is -2.31. The molecule has 1 amide bonds. The van der Waals surface area contributed by atoms with Gasteiger partial charge in [0.1, 0.15) is 23.0 Å². The van der Waals surface area contributed by atoms with Crippen LogP contribution < -0.4 is 15.6 Å². The van der Waals surface area contributed by atoms with E-state index in [0.29, 0.717) is 29.9 Å². The minimum absolute atomic E-state index is 0.0189. The van der Waals surface area contributed by atoms with E-state index in [1.165, 1.54) is 0 Å². The van der Waals surface area contributed by atoms with Crippen LogP contribution in [0.5, 0.6) is 5.75 Å². The maximum absolute atomic E-state index is 14.0. The molecule has 11 heteroatoms. The number of amides is 1. The molecule has 1 aliphatic rings. The van der Waals surface area contributed by atoms with Gasteiger partial charge in [0.05, 0.1) is 6.61 Å². The van der Waals surface area contributed by atoms with Crippen LogP contribution in [0.25, 0.3) is 0 Å². The number of carbonyl (C=O) groups is 2. The Morgan fingerprint density at radius 3 is 2.34 bits per heavy atom. The molecular weight excluding hydrogens is 572 g/mol. The topological polar surface area (TPSA) is 118 Å². The molecular formula is C33H37F2N3O6. The van der Waals surface area contributed by atoms with E-state index >= 15 is 0 Å². The van der Waals surface area contributed by atoms with E-state index in [1.807, 2.05) is 18.2 Å². The molecule has 0 fully saturated rings. The van der Waals surface area contributed by atoms with Crippen molar-refractivity contribution in [1.29, 1.82) is 0 Å². The van der Waals surface area contributed by atoms with Crippen LogP contribution in [0.4, 0.5) is 8.78 Å². The number of aliphatic hydroxyl groups is 1. The summed E-state index contributed by atoms with van der Waals surface area (Å²) in [6.45, 7) is 5.56. The maximum Gasteiger partial charge on any atom is 0.306 e. The molecule has 9 nitrogen and oxygen atoms in total. The van der Waals surface area contributed by atoms with Gasteiger partial charge in [-0.15, -0.1) is 0 Å². The minimum Gasteiger partial charge on any atom is -0.494 e. The average Bonchev–Trinajstić information content (AvgIpc) is 3.37. The molecule has 0 spiro atoms. The largest absolute Gasteiger partial charge is 0.494 e. The normalized spacial score (nSPS) is 17.9. The van der Waals surface area contributed by atoms with Crippen LogP contribution in [0, 0.1) is 11.6 Å². The van der Waals surface area contributed by atoms with E-state index in [2.05, 4.69) is 10.9 Å². The highest BCUT2D eigenvalue weighted by Gasteiger charge is 2.53. The van der Waals surface area contributed by atoms with Crippen molar-refractivity contribution in [1.82, 2.24) is 10.9 Å². The fourth-order valence-electron chi connectivity index (χ4n) is 4.73. The Balaban J connectivity index is 1.66. The Kier molecular flexibility index (Phi) is 10.7. The first kappa shape index (κ1) is 32.6. The van der Waals surface area contributed by atoms with Crippen molar-refractivity contribution in [3.63, 3.8) is 0 Å². The lowest BCUT2D eigenvalue weighted by Crippen LogP contribution is -2.52. The van der Waals surface area contributed by atoms with Gasteiger partial charge >= 0.3 is 5.97 Å². The lowest BCUT2D eigenvalue weighted by atomic mass is 9.83. The van der Waals surface area contributed by atoms with E-state index in [0.717, 1.165) is 18.2 Å². The standard InChI is InChI=1S/C33H37F2N3O6/c1-32(2,3)44-28(40)14-15-33(31(41)38-36-21-22-18-25(34)20-26(35)19-22)29(23-8-5-4-6-9-23)43-30(37-33)24-10-12-27(13-11-24)42-17-7-16-39/h4-6,8-13,18-20,29,36,39H,7,14-17,21H2,1-3H3,(H,38,41)/t29-,33-/m0/s1. The van der Waals surface area contributed by atoms with Gasteiger partial charge in [-0.1, -0.05) is 30.3 Å². The Morgan fingerprint density at radius 1 is 1.02 bits per heavy atom. The summed E-state index contributed by atoms with van der Waals surface area (Å²) in [5.74, 6) is -1.82. The van der Waals surface area contributed by atoms with Crippen LogP contribution in [0.15, 0.2) is 77.8 Å². The minimum atomic E-state index is -1.62. The third kappa shape index (κ3) is 8.61. The van der Waals surface area contributed by atoms with E-state index in [4.69, 9.17) is 24.3 Å². The molecule has 0 bridgehead atoms. The summed E-state index contributed by atoms with van der Waals surface area (Å²) in [4.78, 5) is 31.7. The summed E-state index contributed by atoms with van der Waals surface area (Å²) in [5.41, 5.74) is 4.52. The third-order valence-corrected chi connectivity index (χ3v) is 6.68. The SMILES string of the molecule is CC(C)(C)OC(=O)CC[C@]1(C(=O)NNCc2cc(F)cc(F)c2)N=C(c2ccc(OCCCO)cc2)O[C@H]1c1ccccc1. The molecule has 234 valence electrons. The van der Waals surface area contributed by atoms with E-state index in [1.54, 1.807) is 57.2 Å². The third-order valence-electron chi connectivity index (χ3n) is 6.68. The number of halogens is 2. The smallest absolute Gasteiger partial charge is 0.306 e. The van der Waals surface area contributed by atoms with Crippen molar-refractivity contribution >= 4 is 17.8 Å². The summed E-state index contributed by atoms with van der Waals surface area (Å²) in [7, 11) is 0. The van der Waals surface area contributed by atoms with Crippen molar-refractivity contribution in [3.8, 4) is 5.75 Å². The average molecular weight is 610 g/mol. The summed E-state index contributed by atoms with van der Waals surface area (Å²) in [6.07, 6.45) is -0.625. The molecule has 4 rings (SSSR count). The Labute approximate surface area is 255 Å². The fraction of sp³-hybridized carbons (Fsp3) is 0.364. The molecule has 3 N–H and O–H groups in total. The van der Waals surface area contributed by atoms with Gasteiger partial charge in [-0.25, -0.2) is 19.2 Å². The predicted octanol–water partition coefficient (Wildman–Crippen LogP) is 4.93. The number of rotatable bonds is 13. The molecule has 0 unspecified atom stereocenters. The molecule has 0 aromatic heterocycles. The number of esters is 1. The first-order chi connectivity index (χ1) is 21.0. The number of aliphatic hydroxyl groups excluding tert-OH is 1. The molecule has 3 aromatic rings. The van der Waals surface area contributed by atoms with Gasteiger partial charge in [-0.05, 0) is 74.7 Å². The number of benzene rings is 3. The summed E-state index contributed by atoms with van der Waals surface area (Å²) >= 11 is 0. The van der Waals surface area contributed by atoms with Crippen LogP contribution in [-0.4, -0.2) is 47.2 Å². The highest BCUT2D eigenvalue weighted by Crippen LogP contribution is 2.43. The molecule has 0 aliphatic carbocycles. The van der Waals surface area contributed by atoms with Gasteiger partial charge in [-0.3, -0.25) is 15.0 Å². The molecule has 2 atom stereocenters. The van der Waals surface area contributed by atoms with Gasteiger partial charge in [0.2, 0.25) is 5.90 Å². The zero-order valence-electron chi connectivity index (χ0n) is 24.9. The molecule has 44 heavy (non-hydrogen) atoms. The van der Waals surface area contributed by atoms with Gasteiger partial charge in [0.15, 0.2) is 11.6 Å². The van der Waals surface area contributed by atoms with Crippen molar-refractivity contribution in [2.24, 2.45) is 4.99 Å². The summed E-state index contributed by atoms with van der Waals surface area (Å²) in [5, 5.41) is 9.00. The van der Waals surface area contributed by atoms with Crippen molar-refractivity contribution in [2.45, 2.75) is 63.8 Å². The molecule has 0 saturated heterocycles. The van der Waals surface area contributed by atoms with Crippen LogP contribution in [-0.2, 0) is 25.6 Å². The fourth-order valence-corrected chi connectivity index (χ4v) is 4.73. The summed E-state index contributed by atoms with van der Waals surface area (Å²) < 4.78 is 44.9. The lowest BCUT2D eigenvalue weighted by molar-refractivity contribution is -0.155. The Bertz CT molecular complexity index is 1440. The molecule has 1 heterocycles. The second kappa shape index (κ2) is 14.4. The van der Waals surface area contributed by atoms with E-state index in [-0.39, 0.29) is 37.5 Å². The van der Waals surface area contributed by atoms with Crippen LogP contribution in [0.3, 0.4) is 0 Å². The number of ether oxygens (including phenoxy) is 3. The van der Waals surface area contributed by atoms with Gasteiger partial charge < -0.3 is 19.3 Å². The van der Waals surface area contributed by atoms with Crippen LogP contribution >= 0.6 is 0 Å². The molecule has 0 radical (unpaired) electrons. The summed E-state index contributed by atoms with van der Waals surface area (Å²) in [6, 6.07) is 19.1. The number of nitrogens with one attached hydrogen (secondary N) is 2. The van der Waals surface area contributed by atoms with Crippen molar-refractivity contribution in [2.75, 3.05) is 13.2 Å². The number of hydrogen-bond donors (Lipinski definition) is 3. The predicted molar refractivity (Wildman–Crippen MR) is 160 cm³/mol.